The maximum atomic E-state index is 12.0. The molecule has 1 amide bonds. The van der Waals surface area contributed by atoms with Gasteiger partial charge in [-0.2, -0.15) is 5.26 Å². The molecule has 0 spiro atoms. The molecule has 0 fully saturated rings. The summed E-state index contributed by atoms with van der Waals surface area (Å²) in [6.07, 6.45) is 0.266. The molecule has 8 heteroatoms. The fourth-order valence-electron chi connectivity index (χ4n) is 1.13. The summed E-state index contributed by atoms with van der Waals surface area (Å²) in [5, 5.41) is 16.0. The molecule has 92 valence electrons. The van der Waals surface area contributed by atoms with Gasteiger partial charge in [-0.3, -0.25) is 4.79 Å². The van der Waals surface area contributed by atoms with E-state index in [0.29, 0.717) is 19.7 Å². The molecule has 1 rings (SSSR count). The number of hydrogen-bond donors (Lipinski definition) is 0. The largest absolute Gasteiger partial charge is 0.383 e. The van der Waals surface area contributed by atoms with Gasteiger partial charge in [0.25, 0.3) is 5.91 Å². The van der Waals surface area contributed by atoms with Crippen molar-refractivity contribution in [3.8, 4) is 6.07 Å². The Bertz CT molecular complexity index is 417. The second kappa shape index (κ2) is 7.17. The zero-order valence-corrected chi connectivity index (χ0v) is 10.8. The number of amides is 1. The number of carbonyl (C=O) groups excluding carboxylic acids is 1. The van der Waals surface area contributed by atoms with Crippen LogP contribution in [-0.2, 0) is 4.74 Å². The Morgan fingerprint density at radius 1 is 1.59 bits per heavy atom. The molecule has 1 aromatic heterocycles. The maximum absolute atomic E-state index is 12.0. The number of ether oxygens (including phenoxy) is 1. The number of nitrogens with zero attached hydrogens (tertiary/aromatic N) is 4. The molecule has 0 atom stereocenters. The van der Waals surface area contributed by atoms with Crippen molar-refractivity contribution in [2.45, 2.75) is 6.42 Å². The quantitative estimate of drug-likeness (QED) is 0.779. The monoisotopic (exact) mass is 274 g/mol. The zero-order valence-electron chi connectivity index (χ0n) is 9.22. The fourth-order valence-corrected chi connectivity index (χ4v) is 1.92. The van der Waals surface area contributed by atoms with Crippen LogP contribution in [0.3, 0.4) is 0 Å². The van der Waals surface area contributed by atoms with Crippen LogP contribution in [0.2, 0.25) is 4.47 Å². The Hall–Kier alpha value is -1.23. The predicted octanol–water partition coefficient (Wildman–Crippen LogP) is 1.19. The van der Waals surface area contributed by atoms with Crippen LogP contribution >= 0.6 is 22.9 Å². The second-order valence-electron chi connectivity index (χ2n) is 3.05. The van der Waals surface area contributed by atoms with Crippen molar-refractivity contribution in [3.05, 3.63) is 9.47 Å². The van der Waals surface area contributed by atoms with Crippen LogP contribution in [-0.4, -0.2) is 47.8 Å². The van der Waals surface area contributed by atoms with E-state index in [-0.39, 0.29) is 21.8 Å². The summed E-state index contributed by atoms with van der Waals surface area (Å²) in [7, 11) is 1.55. The average molecular weight is 275 g/mol. The predicted molar refractivity (Wildman–Crippen MR) is 62.9 cm³/mol. The summed E-state index contributed by atoms with van der Waals surface area (Å²) < 4.78 is 5.13. The van der Waals surface area contributed by atoms with Gasteiger partial charge < -0.3 is 9.64 Å². The minimum Gasteiger partial charge on any atom is -0.383 e. The maximum Gasteiger partial charge on any atom is 0.284 e. The van der Waals surface area contributed by atoms with Crippen molar-refractivity contribution < 1.29 is 9.53 Å². The lowest BCUT2D eigenvalue weighted by Gasteiger charge is -2.19. The minimum absolute atomic E-state index is 0.223. The molecule has 0 radical (unpaired) electrons. The molecule has 0 bridgehead atoms. The molecule has 0 unspecified atom stereocenters. The first-order chi connectivity index (χ1) is 8.19. The molecule has 1 heterocycles. The Morgan fingerprint density at radius 2 is 2.35 bits per heavy atom. The summed E-state index contributed by atoms with van der Waals surface area (Å²) in [6.45, 7) is 1.16. The highest BCUT2D eigenvalue weighted by molar-refractivity contribution is 7.17. The highest BCUT2D eigenvalue weighted by Gasteiger charge is 2.19. The topological polar surface area (TPSA) is 79.1 Å². The van der Waals surface area contributed by atoms with Gasteiger partial charge in [0.1, 0.15) is 0 Å². The molecule has 6 nitrogen and oxygen atoms in total. The van der Waals surface area contributed by atoms with Gasteiger partial charge >= 0.3 is 0 Å². The molecule has 1 aromatic rings. The fraction of sp³-hybridized carbons (Fsp3) is 0.556. The molecule has 0 N–H and O–H groups in total. The number of methoxy groups -OCH3 is 1. The van der Waals surface area contributed by atoms with E-state index >= 15 is 0 Å². The third-order valence-corrected chi connectivity index (χ3v) is 2.94. The van der Waals surface area contributed by atoms with Crippen molar-refractivity contribution >= 4 is 28.8 Å². The van der Waals surface area contributed by atoms with Gasteiger partial charge in [-0.25, -0.2) is 0 Å². The lowest BCUT2D eigenvalue weighted by Crippen LogP contribution is -2.34. The van der Waals surface area contributed by atoms with Crippen molar-refractivity contribution in [2.24, 2.45) is 0 Å². The van der Waals surface area contributed by atoms with Gasteiger partial charge in [-0.05, 0) is 11.6 Å². The van der Waals surface area contributed by atoms with Crippen LogP contribution in [0.4, 0.5) is 0 Å². The van der Waals surface area contributed by atoms with Crippen molar-refractivity contribution in [2.75, 3.05) is 26.8 Å². The van der Waals surface area contributed by atoms with Gasteiger partial charge in [0, 0.05) is 20.2 Å². The average Bonchev–Trinajstić information content (AvgIpc) is 2.75. The highest BCUT2D eigenvalue weighted by atomic mass is 35.5. The molecular weight excluding hydrogens is 264 g/mol. The summed E-state index contributed by atoms with van der Waals surface area (Å²) in [5.74, 6) is -0.276. The van der Waals surface area contributed by atoms with Gasteiger partial charge in [-0.15, -0.1) is 10.2 Å². The minimum atomic E-state index is -0.276. The van der Waals surface area contributed by atoms with E-state index < -0.39 is 0 Å². The van der Waals surface area contributed by atoms with Crippen molar-refractivity contribution in [3.63, 3.8) is 0 Å². The summed E-state index contributed by atoms with van der Waals surface area (Å²) in [5.41, 5.74) is 0. The lowest BCUT2D eigenvalue weighted by molar-refractivity contribution is 0.0698. The Kier molecular flexibility index (Phi) is 5.83. The van der Waals surface area contributed by atoms with Crippen LogP contribution in [0.25, 0.3) is 0 Å². The second-order valence-corrected chi connectivity index (χ2v) is 4.61. The molecule has 0 aliphatic rings. The van der Waals surface area contributed by atoms with Crippen LogP contribution in [0.15, 0.2) is 0 Å². The first-order valence-electron chi connectivity index (χ1n) is 4.83. The first-order valence-corrected chi connectivity index (χ1v) is 6.02. The Balaban J connectivity index is 2.68. The SMILES string of the molecule is COCCN(CCC#N)C(=O)c1nnc(Cl)s1. The van der Waals surface area contributed by atoms with E-state index in [0.717, 1.165) is 11.3 Å². The molecule has 0 saturated heterocycles. The number of halogens is 1. The Morgan fingerprint density at radius 3 is 2.88 bits per heavy atom. The molecule has 0 aromatic carbocycles. The number of nitriles is 1. The summed E-state index contributed by atoms with van der Waals surface area (Å²) in [6, 6.07) is 1.99. The van der Waals surface area contributed by atoms with E-state index in [1.54, 1.807) is 7.11 Å². The van der Waals surface area contributed by atoms with E-state index in [2.05, 4.69) is 10.2 Å². The lowest BCUT2D eigenvalue weighted by atomic mass is 10.4. The van der Waals surface area contributed by atoms with Crippen molar-refractivity contribution in [1.29, 1.82) is 5.26 Å². The van der Waals surface area contributed by atoms with E-state index in [9.17, 15) is 4.79 Å². The standard InChI is InChI=1S/C9H11ClN4O2S/c1-16-6-5-14(4-2-3-11)8(15)7-12-13-9(10)17-7/h2,4-6H2,1H3. The van der Waals surface area contributed by atoms with Gasteiger partial charge in [-0.1, -0.05) is 11.3 Å². The van der Waals surface area contributed by atoms with Crippen LogP contribution in [0, 0.1) is 11.3 Å². The van der Waals surface area contributed by atoms with Gasteiger partial charge in [0.2, 0.25) is 9.47 Å². The van der Waals surface area contributed by atoms with Gasteiger partial charge in [0.15, 0.2) is 0 Å². The van der Waals surface area contributed by atoms with E-state index in [4.69, 9.17) is 21.6 Å². The first kappa shape index (κ1) is 13.8. The molecule has 17 heavy (non-hydrogen) atoms. The normalized spacial score (nSPS) is 9.94. The molecule has 0 aliphatic carbocycles. The number of aromatic nitrogens is 2. The van der Waals surface area contributed by atoms with Crippen molar-refractivity contribution in [1.82, 2.24) is 15.1 Å². The zero-order chi connectivity index (χ0) is 12.7. The van der Waals surface area contributed by atoms with E-state index in [1.165, 1.54) is 4.90 Å². The molecular formula is C9H11ClN4O2S. The number of rotatable bonds is 6. The summed E-state index contributed by atoms with van der Waals surface area (Å²) >= 11 is 6.63. The van der Waals surface area contributed by atoms with Crippen LogP contribution in [0.5, 0.6) is 0 Å². The van der Waals surface area contributed by atoms with Gasteiger partial charge in [0.05, 0.1) is 19.1 Å². The number of carbonyl (C=O) groups is 1. The van der Waals surface area contributed by atoms with Crippen LogP contribution < -0.4 is 0 Å². The summed E-state index contributed by atoms with van der Waals surface area (Å²) in [4.78, 5) is 13.5. The van der Waals surface area contributed by atoms with E-state index in [1.807, 2.05) is 6.07 Å². The third kappa shape index (κ3) is 4.26. The smallest absolute Gasteiger partial charge is 0.284 e. The Labute approximate surface area is 108 Å². The highest BCUT2D eigenvalue weighted by Crippen LogP contribution is 2.16. The molecule has 0 saturated carbocycles. The molecule has 0 aliphatic heterocycles. The van der Waals surface area contributed by atoms with Crippen LogP contribution in [0.1, 0.15) is 16.2 Å². The third-order valence-electron chi connectivity index (χ3n) is 1.93. The number of hydrogen-bond acceptors (Lipinski definition) is 6.